The van der Waals surface area contributed by atoms with Crippen LogP contribution >= 0.6 is 0 Å². The number of hydrogen-bond acceptors (Lipinski definition) is 2. The van der Waals surface area contributed by atoms with Gasteiger partial charge in [0.05, 0.1) is 11.3 Å². The van der Waals surface area contributed by atoms with Crippen LogP contribution in [0.4, 0.5) is 5.69 Å². The first-order valence-electron chi connectivity index (χ1n) is 6.88. The molecule has 1 aliphatic rings. The summed E-state index contributed by atoms with van der Waals surface area (Å²) < 4.78 is 0. The zero-order chi connectivity index (χ0) is 13.1. The van der Waals surface area contributed by atoms with E-state index in [1.807, 2.05) is 25.1 Å². The summed E-state index contributed by atoms with van der Waals surface area (Å²) in [6, 6.07) is 8.86. The monoisotopic (exact) mass is 242 g/mol. The quantitative estimate of drug-likeness (QED) is 0.847. The Bertz CT molecular complexity index is 459. The van der Waals surface area contributed by atoms with Crippen LogP contribution in [0.25, 0.3) is 0 Å². The van der Waals surface area contributed by atoms with Crippen molar-refractivity contribution in [2.45, 2.75) is 46.1 Å². The Morgan fingerprint density at radius 2 is 2.06 bits per heavy atom. The van der Waals surface area contributed by atoms with E-state index in [2.05, 4.69) is 25.2 Å². The van der Waals surface area contributed by atoms with Crippen molar-refractivity contribution in [3.05, 3.63) is 29.3 Å². The SMILES string of the molecule is Cc1cccc(NC2CC(C)CCC2C)c1C#N. The first-order valence-corrected chi connectivity index (χ1v) is 6.88. The average Bonchev–Trinajstić information content (AvgIpc) is 2.34. The molecule has 1 fully saturated rings. The molecule has 96 valence electrons. The normalized spacial score (nSPS) is 27.6. The van der Waals surface area contributed by atoms with Crippen LogP contribution in [-0.4, -0.2) is 6.04 Å². The summed E-state index contributed by atoms with van der Waals surface area (Å²) >= 11 is 0. The third-order valence-electron chi connectivity index (χ3n) is 4.18. The number of benzene rings is 1. The van der Waals surface area contributed by atoms with Gasteiger partial charge in [0, 0.05) is 6.04 Å². The lowest BCUT2D eigenvalue weighted by Gasteiger charge is -2.34. The second-order valence-corrected chi connectivity index (χ2v) is 5.76. The lowest BCUT2D eigenvalue weighted by molar-refractivity contribution is 0.280. The van der Waals surface area contributed by atoms with E-state index in [4.69, 9.17) is 0 Å². The lowest BCUT2D eigenvalue weighted by Crippen LogP contribution is -2.33. The molecule has 1 aromatic rings. The van der Waals surface area contributed by atoms with Crippen molar-refractivity contribution in [1.82, 2.24) is 0 Å². The van der Waals surface area contributed by atoms with Gasteiger partial charge in [0.1, 0.15) is 6.07 Å². The molecule has 2 rings (SSSR count). The molecule has 0 spiro atoms. The molecule has 0 amide bonds. The molecule has 0 bridgehead atoms. The van der Waals surface area contributed by atoms with Crippen LogP contribution in [-0.2, 0) is 0 Å². The van der Waals surface area contributed by atoms with Crippen LogP contribution in [0.3, 0.4) is 0 Å². The molecule has 1 saturated carbocycles. The fourth-order valence-electron chi connectivity index (χ4n) is 2.87. The van der Waals surface area contributed by atoms with Gasteiger partial charge in [-0.3, -0.25) is 0 Å². The van der Waals surface area contributed by atoms with Gasteiger partial charge in [-0.05, 0) is 43.2 Å². The lowest BCUT2D eigenvalue weighted by atomic mass is 9.80. The van der Waals surface area contributed by atoms with E-state index >= 15 is 0 Å². The summed E-state index contributed by atoms with van der Waals surface area (Å²) in [6.07, 6.45) is 3.82. The van der Waals surface area contributed by atoms with Crippen molar-refractivity contribution in [1.29, 1.82) is 5.26 Å². The third kappa shape index (κ3) is 2.67. The maximum Gasteiger partial charge on any atom is 0.102 e. The van der Waals surface area contributed by atoms with Crippen LogP contribution in [0.5, 0.6) is 0 Å². The van der Waals surface area contributed by atoms with E-state index in [9.17, 15) is 5.26 Å². The summed E-state index contributed by atoms with van der Waals surface area (Å²) in [7, 11) is 0. The molecule has 2 nitrogen and oxygen atoms in total. The summed E-state index contributed by atoms with van der Waals surface area (Å²) in [5.41, 5.74) is 2.85. The number of nitriles is 1. The smallest absolute Gasteiger partial charge is 0.102 e. The van der Waals surface area contributed by atoms with Gasteiger partial charge >= 0.3 is 0 Å². The molecule has 0 saturated heterocycles. The van der Waals surface area contributed by atoms with E-state index in [1.165, 1.54) is 19.3 Å². The Hall–Kier alpha value is -1.49. The Balaban J connectivity index is 2.18. The highest BCUT2D eigenvalue weighted by Crippen LogP contribution is 2.31. The number of nitrogens with one attached hydrogen (secondary N) is 1. The molecule has 0 radical (unpaired) electrons. The molecule has 3 atom stereocenters. The fourth-order valence-corrected chi connectivity index (χ4v) is 2.87. The number of hydrogen-bond donors (Lipinski definition) is 1. The standard InChI is InChI=1S/C16H22N2/c1-11-7-8-13(3)16(9-11)18-15-6-4-5-12(2)14(15)10-17/h4-6,11,13,16,18H,7-9H2,1-3H3. The molecule has 0 aromatic heterocycles. The second kappa shape index (κ2) is 5.44. The van der Waals surface area contributed by atoms with Crippen molar-refractivity contribution in [3.63, 3.8) is 0 Å². The summed E-state index contributed by atoms with van der Waals surface area (Å²) in [6.45, 7) is 6.63. The molecular formula is C16H22N2. The van der Waals surface area contributed by atoms with Crippen molar-refractivity contribution in [3.8, 4) is 6.07 Å². The summed E-state index contributed by atoms with van der Waals surface area (Å²) in [5.74, 6) is 1.47. The molecule has 3 unspecified atom stereocenters. The second-order valence-electron chi connectivity index (χ2n) is 5.76. The molecule has 1 N–H and O–H groups in total. The van der Waals surface area contributed by atoms with E-state index in [0.717, 1.165) is 22.7 Å². The highest BCUT2D eigenvalue weighted by Gasteiger charge is 2.25. The van der Waals surface area contributed by atoms with Crippen LogP contribution in [0, 0.1) is 30.1 Å². The van der Waals surface area contributed by atoms with Crippen molar-refractivity contribution < 1.29 is 0 Å². The highest BCUT2D eigenvalue weighted by molar-refractivity contribution is 5.61. The maximum atomic E-state index is 9.26. The first-order chi connectivity index (χ1) is 8.61. The fraction of sp³-hybridized carbons (Fsp3) is 0.562. The molecule has 2 heteroatoms. The van der Waals surface area contributed by atoms with Gasteiger partial charge < -0.3 is 5.32 Å². The van der Waals surface area contributed by atoms with E-state index < -0.39 is 0 Å². The largest absolute Gasteiger partial charge is 0.381 e. The zero-order valence-corrected chi connectivity index (χ0v) is 11.5. The molecule has 0 heterocycles. The Morgan fingerprint density at radius 1 is 1.28 bits per heavy atom. The summed E-state index contributed by atoms with van der Waals surface area (Å²) in [4.78, 5) is 0. The van der Waals surface area contributed by atoms with E-state index in [-0.39, 0.29) is 0 Å². The van der Waals surface area contributed by atoms with Crippen LogP contribution in [0.15, 0.2) is 18.2 Å². The first kappa shape index (κ1) is 13.0. The van der Waals surface area contributed by atoms with Crippen molar-refractivity contribution in [2.75, 3.05) is 5.32 Å². The van der Waals surface area contributed by atoms with Crippen molar-refractivity contribution in [2.24, 2.45) is 11.8 Å². The van der Waals surface area contributed by atoms with E-state index in [1.54, 1.807) is 0 Å². The topological polar surface area (TPSA) is 35.8 Å². The Kier molecular flexibility index (Phi) is 3.91. The van der Waals surface area contributed by atoms with Gasteiger partial charge in [0.2, 0.25) is 0 Å². The number of rotatable bonds is 2. The minimum absolute atomic E-state index is 0.502. The molecular weight excluding hydrogens is 220 g/mol. The predicted molar refractivity (Wildman–Crippen MR) is 75.5 cm³/mol. The Labute approximate surface area is 110 Å². The summed E-state index contributed by atoms with van der Waals surface area (Å²) in [5, 5.41) is 12.9. The number of aryl methyl sites for hydroxylation is 1. The minimum Gasteiger partial charge on any atom is -0.381 e. The molecule has 1 aliphatic carbocycles. The zero-order valence-electron chi connectivity index (χ0n) is 11.5. The average molecular weight is 242 g/mol. The number of nitrogens with zero attached hydrogens (tertiary/aromatic N) is 1. The van der Waals surface area contributed by atoms with Gasteiger partial charge in [-0.15, -0.1) is 0 Å². The predicted octanol–water partition coefficient (Wildman–Crippen LogP) is 4.10. The van der Waals surface area contributed by atoms with Crippen molar-refractivity contribution >= 4 is 5.69 Å². The molecule has 1 aromatic carbocycles. The van der Waals surface area contributed by atoms with E-state index in [0.29, 0.717) is 12.0 Å². The van der Waals surface area contributed by atoms with Gasteiger partial charge in [-0.1, -0.05) is 32.4 Å². The van der Waals surface area contributed by atoms with Crippen LogP contribution in [0.2, 0.25) is 0 Å². The minimum atomic E-state index is 0.502. The highest BCUT2D eigenvalue weighted by atomic mass is 14.9. The van der Waals surface area contributed by atoms with Gasteiger partial charge in [0.15, 0.2) is 0 Å². The Morgan fingerprint density at radius 3 is 2.78 bits per heavy atom. The van der Waals surface area contributed by atoms with Crippen LogP contribution in [0.1, 0.15) is 44.2 Å². The third-order valence-corrected chi connectivity index (χ3v) is 4.18. The van der Waals surface area contributed by atoms with Gasteiger partial charge in [-0.2, -0.15) is 5.26 Å². The van der Waals surface area contributed by atoms with Gasteiger partial charge in [-0.25, -0.2) is 0 Å². The number of anilines is 1. The van der Waals surface area contributed by atoms with Gasteiger partial charge in [0.25, 0.3) is 0 Å². The molecule has 18 heavy (non-hydrogen) atoms. The van der Waals surface area contributed by atoms with Crippen LogP contribution < -0.4 is 5.32 Å². The maximum absolute atomic E-state index is 9.26. The molecule has 0 aliphatic heterocycles.